The first-order chi connectivity index (χ1) is 16.3. The van der Waals surface area contributed by atoms with E-state index in [1.165, 1.54) is 10.1 Å². The van der Waals surface area contributed by atoms with Crippen LogP contribution in [0.15, 0.2) is 35.1 Å². The van der Waals surface area contributed by atoms with Crippen molar-refractivity contribution in [2.45, 2.75) is 32.2 Å². The maximum absolute atomic E-state index is 13.3. The van der Waals surface area contributed by atoms with E-state index in [1.807, 2.05) is 42.3 Å². The molecule has 0 amide bonds. The van der Waals surface area contributed by atoms with Crippen molar-refractivity contribution in [3.05, 3.63) is 67.7 Å². The molecule has 0 spiro atoms. The highest BCUT2D eigenvalue weighted by molar-refractivity contribution is 7.71. The molecule has 1 unspecified atom stereocenters. The first-order valence-corrected chi connectivity index (χ1v) is 11.6. The Bertz CT molecular complexity index is 1380. The number of hydrogen-bond acceptors (Lipinski definition) is 7. The molecule has 8 nitrogen and oxygen atoms in total. The van der Waals surface area contributed by atoms with E-state index < -0.39 is 11.6 Å². The second-order valence-electron chi connectivity index (χ2n) is 8.93. The van der Waals surface area contributed by atoms with Crippen molar-refractivity contribution in [3.63, 3.8) is 0 Å². The Hall–Kier alpha value is -3.30. The first-order valence-electron chi connectivity index (χ1n) is 11.2. The quantitative estimate of drug-likeness (QED) is 0.544. The van der Waals surface area contributed by atoms with E-state index in [1.54, 1.807) is 7.11 Å². The molecule has 0 saturated heterocycles. The van der Waals surface area contributed by atoms with E-state index in [0.29, 0.717) is 35.4 Å². The summed E-state index contributed by atoms with van der Waals surface area (Å²) in [6, 6.07) is 9.14. The number of hydrogen-bond donors (Lipinski definition) is 2. The number of nitrogens with zero attached hydrogens (tertiary/aromatic N) is 2. The molecule has 1 atom stereocenters. The van der Waals surface area contributed by atoms with Gasteiger partial charge in [0.25, 0.3) is 5.56 Å². The Morgan fingerprint density at radius 3 is 2.62 bits per heavy atom. The van der Waals surface area contributed by atoms with Crippen LogP contribution in [0.4, 0.5) is 0 Å². The number of rotatable bonds is 4. The second-order valence-corrected chi connectivity index (χ2v) is 9.31. The molecule has 2 aromatic carbocycles. The number of aromatic amines is 1. The average molecular weight is 482 g/mol. The second kappa shape index (κ2) is 8.48. The molecule has 0 aliphatic carbocycles. The van der Waals surface area contributed by atoms with Crippen LogP contribution in [-0.2, 0) is 6.42 Å². The Balaban J connectivity index is 1.74. The molecule has 5 rings (SSSR count). The summed E-state index contributed by atoms with van der Waals surface area (Å²) in [5.74, 6) is 1.81. The van der Waals surface area contributed by atoms with Gasteiger partial charge in [0, 0.05) is 12.1 Å². The van der Waals surface area contributed by atoms with Crippen molar-refractivity contribution in [2.24, 2.45) is 0 Å². The van der Waals surface area contributed by atoms with Gasteiger partial charge in [-0.2, -0.15) is 0 Å². The fourth-order valence-corrected chi connectivity index (χ4v) is 5.12. The molecule has 0 fully saturated rings. The molecule has 2 aliphatic rings. The Kier molecular flexibility index (Phi) is 5.61. The summed E-state index contributed by atoms with van der Waals surface area (Å²) in [5, 5.41) is 11.5. The maximum atomic E-state index is 13.3. The van der Waals surface area contributed by atoms with Crippen LogP contribution < -0.4 is 19.8 Å². The van der Waals surface area contributed by atoms with Gasteiger partial charge in [-0.15, -0.1) is 0 Å². The Labute approximate surface area is 202 Å². The lowest BCUT2D eigenvalue weighted by atomic mass is 9.87. The van der Waals surface area contributed by atoms with Gasteiger partial charge in [-0.1, -0.05) is 26.0 Å². The predicted molar refractivity (Wildman–Crippen MR) is 130 cm³/mol. The molecule has 2 N–H and O–H groups in total. The molecule has 0 bridgehead atoms. The number of fused-ring (bicyclic) bond motifs is 2. The lowest BCUT2D eigenvalue weighted by Gasteiger charge is -2.36. The van der Waals surface area contributed by atoms with E-state index >= 15 is 0 Å². The highest BCUT2D eigenvalue weighted by Gasteiger charge is 2.38. The minimum Gasteiger partial charge on any atom is -0.494 e. The van der Waals surface area contributed by atoms with Crippen LogP contribution >= 0.6 is 12.2 Å². The van der Waals surface area contributed by atoms with Crippen molar-refractivity contribution < 1.29 is 19.3 Å². The van der Waals surface area contributed by atoms with Gasteiger partial charge in [0.2, 0.25) is 18.4 Å². The van der Waals surface area contributed by atoms with Crippen molar-refractivity contribution in [1.29, 1.82) is 0 Å². The smallest absolute Gasteiger partial charge is 0.260 e. The SMILES string of the molecule is COc1c2c(cc3c1C(c1c(O)n(-c4ccc(C(C)C)cc4)c(=S)[nH]c1=O)N(C)CC3)OCO2. The number of benzene rings is 2. The molecule has 0 radical (unpaired) electrons. The predicted octanol–water partition coefficient (Wildman–Crippen LogP) is 4.04. The molecule has 2 aliphatic heterocycles. The van der Waals surface area contributed by atoms with Gasteiger partial charge in [-0.05, 0) is 60.9 Å². The average Bonchev–Trinajstić information content (AvgIpc) is 3.27. The fourth-order valence-electron chi connectivity index (χ4n) is 4.83. The Morgan fingerprint density at radius 2 is 1.94 bits per heavy atom. The molecular weight excluding hydrogens is 454 g/mol. The molecule has 3 heterocycles. The zero-order valence-corrected chi connectivity index (χ0v) is 20.4. The number of nitrogens with one attached hydrogen (secondary N) is 1. The minimum atomic E-state index is -0.575. The third-order valence-electron chi connectivity index (χ3n) is 6.61. The lowest BCUT2D eigenvalue weighted by Crippen LogP contribution is -2.37. The molecule has 0 saturated carbocycles. The number of likely N-dealkylation sites (N-methyl/N-ethyl adjacent to an activating group) is 1. The van der Waals surface area contributed by atoms with Crippen molar-refractivity contribution in [1.82, 2.24) is 14.5 Å². The summed E-state index contributed by atoms with van der Waals surface area (Å²) in [4.78, 5) is 18.0. The van der Waals surface area contributed by atoms with E-state index in [0.717, 1.165) is 17.5 Å². The van der Waals surface area contributed by atoms with Crippen LogP contribution in [-0.4, -0.2) is 47.1 Å². The van der Waals surface area contributed by atoms with Crippen LogP contribution in [0.3, 0.4) is 0 Å². The summed E-state index contributed by atoms with van der Waals surface area (Å²) in [7, 11) is 3.48. The van der Waals surface area contributed by atoms with Gasteiger partial charge in [0.1, 0.15) is 0 Å². The Morgan fingerprint density at radius 1 is 1.21 bits per heavy atom. The molecular formula is C25H27N3O5S. The number of ether oxygens (including phenoxy) is 3. The van der Waals surface area contributed by atoms with E-state index in [4.69, 9.17) is 26.4 Å². The molecule has 9 heteroatoms. The topological polar surface area (TPSA) is 89.0 Å². The largest absolute Gasteiger partial charge is 0.494 e. The molecule has 3 aromatic rings. The van der Waals surface area contributed by atoms with Crippen LogP contribution in [0.2, 0.25) is 0 Å². The van der Waals surface area contributed by atoms with Crippen molar-refractivity contribution in [2.75, 3.05) is 27.5 Å². The van der Waals surface area contributed by atoms with Gasteiger partial charge < -0.3 is 19.3 Å². The van der Waals surface area contributed by atoms with Crippen molar-refractivity contribution in [3.8, 4) is 28.8 Å². The minimum absolute atomic E-state index is 0.109. The standard InChI is InChI=1S/C25H27N3O5S/c1-13(2)14-5-7-16(8-6-14)28-24(30)19(23(29)26-25(28)34)20-18-15(9-10-27(20)3)11-17-21(22(18)31-4)33-12-32-17/h5-8,11,13,20,30H,9-10,12H2,1-4H3,(H,26,29,34). The summed E-state index contributed by atoms with van der Waals surface area (Å²) >= 11 is 5.45. The van der Waals surface area contributed by atoms with Crippen molar-refractivity contribution >= 4 is 12.2 Å². The fraction of sp³-hybridized carbons (Fsp3) is 0.360. The van der Waals surface area contributed by atoms with Crippen LogP contribution in [0.25, 0.3) is 5.69 Å². The van der Waals surface area contributed by atoms with Gasteiger partial charge in [-0.25, -0.2) is 0 Å². The van der Waals surface area contributed by atoms with Gasteiger partial charge in [0.15, 0.2) is 16.3 Å². The highest BCUT2D eigenvalue weighted by Crippen LogP contribution is 2.51. The van der Waals surface area contributed by atoms with Crippen LogP contribution in [0, 0.1) is 4.77 Å². The van der Waals surface area contributed by atoms with Crippen LogP contribution in [0.1, 0.15) is 48.1 Å². The lowest BCUT2D eigenvalue weighted by molar-refractivity contribution is 0.170. The van der Waals surface area contributed by atoms with E-state index in [2.05, 4.69) is 18.8 Å². The third-order valence-corrected chi connectivity index (χ3v) is 6.89. The molecule has 34 heavy (non-hydrogen) atoms. The zero-order chi connectivity index (χ0) is 24.1. The summed E-state index contributed by atoms with van der Waals surface area (Å²) < 4.78 is 18.6. The number of H-pyrrole nitrogens is 1. The highest BCUT2D eigenvalue weighted by atomic mass is 32.1. The van der Waals surface area contributed by atoms with E-state index in [-0.39, 0.29) is 23.0 Å². The normalized spacial score (nSPS) is 17.1. The zero-order valence-electron chi connectivity index (χ0n) is 19.5. The third kappa shape index (κ3) is 3.47. The van der Waals surface area contributed by atoms with Gasteiger partial charge >= 0.3 is 0 Å². The molecule has 1 aromatic heterocycles. The first kappa shape index (κ1) is 22.5. The monoisotopic (exact) mass is 481 g/mol. The maximum Gasteiger partial charge on any atom is 0.260 e. The molecule has 178 valence electrons. The van der Waals surface area contributed by atoms with Gasteiger partial charge in [0.05, 0.1) is 24.4 Å². The summed E-state index contributed by atoms with van der Waals surface area (Å²) in [6.45, 7) is 5.02. The number of methoxy groups -OCH3 is 1. The number of aromatic nitrogens is 2. The van der Waals surface area contributed by atoms with Gasteiger partial charge in [-0.3, -0.25) is 19.2 Å². The summed E-state index contributed by atoms with van der Waals surface area (Å²) in [5.41, 5.74) is 3.35. The van der Waals surface area contributed by atoms with Crippen LogP contribution in [0.5, 0.6) is 23.1 Å². The summed E-state index contributed by atoms with van der Waals surface area (Å²) in [6.07, 6.45) is 0.740. The number of aromatic hydroxyl groups is 1. The van der Waals surface area contributed by atoms with E-state index in [9.17, 15) is 9.90 Å².